The SMILES string of the molecule is CCn1c(SCc2ccc(C(=O)c3ccc(OC)cc3)cc2)nc2cccc(C)c2c1=O. The van der Waals surface area contributed by atoms with Crippen molar-refractivity contribution in [2.75, 3.05) is 7.11 Å². The highest BCUT2D eigenvalue weighted by atomic mass is 32.2. The second-order valence-electron chi connectivity index (χ2n) is 7.46. The summed E-state index contributed by atoms with van der Waals surface area (Å²) in [6.07, 6.45) is 0. The summed E-state index contributed by atoms with van der Waals surface area (Å²) >= 11 is 1.53. The highest BCUT2D eigenvalue weighted by molar-refractivity contribution is 7.98. The van der Waals surface area contributed by atoms with Gasteiger partial charge >= 0.3 is 0 Å². The van der Waals surface area contributed by atoms with Gasteiger partial charge in [0, 0.05) is 23.4 Å². The fourth-order valence-electron chi connectivity index (χ4n) is 3.61. The van der Waals surface area contributed by atoms with Crippen LogP contribution < -0.4 is 10.3 Å². The molecule has 3 aromatic carbocycles. The second-order valence-corrected chi connectivity index (χ2v) is 8.40. The van der Waals surface area contributed by atoms with Gasteiger partial charge < -0.3 is 4.74 Å². The third-order valence-electron chi connectivity index (χ3n) is 5.41. The van der Waals surface area contributed by atoms with Crippen LogP contribution in [-0.2, 0) is 12.3 Å². The normalized spacial score (nSPS) is 11.0. The number of ketones is 1. The van der Waals surface area contributed by atoms with Crippen LogP contribution in [-0.4, -0.2) is 22.4 Å². The number of nitrogens with zero attached hydrogens (tertiary/aromatic N) is 2. The minimum Gasteiger partial charge on any atom is -0.497 e. The van der Waals surface area contributed by atoms with Gasteiger partial charge in [-0.1, -0.05) is 48.2 Å². The molecule has 0 bridgehead atoms. The lowest BCUT2D eigenvalue weighted by atomic mass is 10.0. The van der Waals surface area contributed by atoms with Crippen molar-refractivity contribution in [3.05, 3.63) is 99.3 Å². The molecule has 0 atom stereocenters. The highest BCUT2D eigenvalue weighted by Crippen LogP contribution is 2.24. The largest absolute Gasteiger partial charge is 0.497 e. The van der Waals surface area contributed by atoms with Crippen LogP contribution in [0.2, 0.25) is 0 Å². The van der Waals surface area contributed by atoms with E-state index in [4.69, 9.17) is 9.72 Å². The monoisotopic (exact) mass is 444 g/mol. The molecule has 0 aliphatic rings. The smallest absolute Gasteiger partial charge is 0.262 e. The molecule has 0 aliphatic heterocycles. The molecule has 0 unspecified atom stereocenters. The Morgan fingerprint density at radius 2 is 1.66 bits per heavy atom. The van der Waals surface area contributed by atoms with Crippen molar-refractivity contribution in [2.24, 2.45) is 0 Å². The predicted octanol–water partition coefficient (Wildman–Crippen LogP) is 5.26. The van der Waals surface area contributed by atoms with Crippen molar-refractivity contribution < 1.29 is 9.53 Å². The Labute approximate surface area is 191 Å². The molecule has 0 fully saturated rings. The fourth-order valence-corrected chi connectivity index (χ4v) is 4.63. The van der Waals surface area contributed by atoms with Gasteiger partial charge in [0.25, 0.3) is 5.56 Å². The van der Waals surface area contributed by atoms with Crippen LogP contribution in [0.1, 0.15) is 34.0 Å². The van der Waals surface area contributed by atoms with Gasteiger partial charge in [-0.2, -0.15) is 0 Å². The number of aryl methyl sites for hydroxylation is 1. The lowest BCUT2D eigenvalue weighted by Crippen LogP contribution is -2.23. The molecule has 5 nitrogen and oxygen atoms in total. The number of rotatable bonds is 7. The summed E-state index contributed by atoms with van der Waals surface area (Å²) in [6.45, 7) is 4.46. The first-order valence-electron chi connectivity index (χ1n) is 10.4. The van der Waals surface area contributed by atoms with Crippen LogP contribution in [0.3, 0.4) is 0 Å². The molecule has 0 radical (unpaired) electrons. The Hall–Kier alpha value is -3.38. The lowest BCUT2D eigenvalue weighted by Gasteiger charge is -2.12. The molecule has 0 saturated heterocycles. The highest BCUT2D eigenvalue weighted by Gasteiger charge is 2.13. The molecule has 6 heteroatoms. The summed E-state index contributed by atoms with van der Waals surface area (Å²) in [5, 5.41) is 1.38. The summed E-state index contributed by atoms with van der Waals surface area (Å²) in [5.41, 5.74) is 3.98. The summed E-state index contributed by atoms with van der Waals surface area (Å²) in [5.74, 6) is 1.34. The van der Waals surface area contributed by atoms with Crippen molar-refractivity contribution >= 4 is 28.4 Å². The summed E-state index contributed by atoms with van der Waals surface area (Å²) < 4.78 is 6.87. The van der Waals surface area contributed by atoms with Crippen molar-refractivity contribution in [3.63, 3.8) is 0 Å². The molecule has 162 valence electrons. The van der Waals surface area contributed by atoms with E-state index in [1.54, 1.807) is 35.9 Å². The summed E-state index contributed by atoms with van der Waals surface area (Å²) in [4.78, 5) is 30.4. The maximum Gasteiger partial charge on any atom is 0.262 e. The van der Waals surface area contributed by atoms with Gasteiger partial charge in [-0.25, -0.2) is 4.98 Å². The van der Waals surface area contributed by atoms with E-state index in [1.165, 1.54) is 11.8 Å². The predicted molar refractivity (Wildman–Crippen MR) is 129 cm³/mol. The standard InChI is InChI=1S/C26H24N2O3S/c1-4-28-25(30)23-17(2)6-5-7-22(23)27-26(28)32-16-18-8-10-19(11-9-18)24(29)20-12-14-21(31-3)15-13-20/h5-15H,4,16H2,1-3H3. The molecular formula is C26H24N2O3S. The number of fused-ring (bicyclic) bond motifs is 1. The van der Waals surface area contributed by atoms with Crippen LogP contribution in [0.5, 0.6) is 5.75 Å². The van der Waals surface area contributed by atoms with Crippen LogP contribution >= 0.6 is 11.8 Å². The van der Waals surface area contributed by atoms with Crippen molar-refractivity contribution in [2.45, 2.75) is 31.3 Å². The minimum atomic E-state index is -0.0294. The number of hydrogen-bond acceptors (Lipinski definition) is 5. The van der Waals surface area contributed by atoms with Gasteiger partial charge in [0.1, 0.15) is 5.75 Å². The molecule has 0 amide bonds. The topological polar surface area (TPSA) is 61.2 Å². The van der Waals surface area contributed by atoms with Crippen molar-refractivity contribution in [1.82, 2.24) is 9.55 Å². The van der Waals surface area contributed by atoms with E-state index >= 15 is 0 Å². The van der Waals surface area contributed by atoms with Crippen LogP contribution in [0.15, 0.2) is 76.7 Å². The first-order chi connectivity index (χ1) is 15.5. The number of benzene rings is 3. The molecule has 0 saturated carbocycles. The second kappa shape index (κ2) is 9.40. The number of hydrogen-bond donors (Lipinski definition) is 0. The van der Waals surface area contributed by atoms with Crippen molar-refractivity contribution in [1.29, 1.82) is 0 Å². The Bertz CT molecular complexity index is 1330. The van der Waals surface area contributed by atoms with Gasteiger partial charge in [-0.15, -0.1) is 0 Å². The van der Waals surface area contributed by atoms with E-state index < -0.39 is 0 Å². The zero-order valence-corrected chi connectivity index (χ0v) is 19.1. The summed E-state index contributed by atoms with van der Waals surface area (Å²) in [7, 11) is 1.60. The van der Waals surface area contributed by atoms with E-state index in [1.807, 2.05) is 56.3 Å². The van der Waals surface area contributed by atoms with Crippen LogP contribution in [0.4, 0.5) is 0 Å². The Balaban J connectivity index is 1.52. The lowest BCUT2D eigenvalue weighted by molar-refractivity contribution is 0.103. The van der Waals surface area contributed by atoms with E-state index in [-0.39, 0.29) is 11.3 Å². The zero-order chi connectivity index (χ0) is 22.7. The molecule has 1 aromatic heterocycles. The molecular weight excluding hydrogens is 420 g/mol. The molecule has 4 rings (SSSR count). The quantitative estimate of drug-likeness (QED) is 0.221. The van der Waals surface area contributed by atoms with Gasteiger partial charge in [-0.3, -0.25) is 14.2 Å². The Morgan fingerprint density at radius 3 is 2.28 bits per heavy atom. The molecule has 0 N–H and O–H groups in total. The maximum atomic E-state index is 13.0. The van der Waals surface area contributed by atoms with Gasteiger partial charge in [-0.05, 0) is 55.3 Å². The molecule has 1 heterocycles. The van der Waals surface area contributed by atoms with E-state index in [9.17, 15) is 9.59 Å². The number of methoxy groups -OCH3 is 1. The summed E-state index contributed by atoms with van der Waals surface area (Å²) in [6, 6.07) is 20.4. The Kier molecular flexibility index (Phi) is 6.42. The van der Waals surface area contributed by atoms with E-state index in [2.05, 4.69) is 0 Å². The third kappa shape index (κ3) is 4.32. The van der Waals surface area contributed by atoms with Crippen LogP contribution in [0.25, 0.3) is 10.9 Å². The maximum absolute atomic E-state index is 13.0. The first kappa shape index (κ1) is 21.8. The number of carbonyl (C=O) groups excluding carboxylic acids is 1. The van der Waals surface area contributed by atoms with Gasteiger partial charge in [0.15, 0.2) is 10.9 Å². The van der Waals surface area contributed by atoms with Crippen molar-refractivity contribution in [3.8, 4) is 5.75 Å². The third-order valence-corrected chi connectivity index (χ3v) is 6.46. The van der Waals surface area contributed by atoms with Crippen LogP contribution in [0, 0.1) is 6.92 Å². The fraction of sp³-hybridized carbons (Fsp3) is 0.192. The minimum absolute atomic E-state index is 0.00136. The Morgan fingerprint density at radius 1 is 1.00 bits per heavy atom. The average molecular weight is 445 g/mol. The first-order valence-corrected chi connectivity index (χ1v) is 11.4. The number of thioether (sulfide) groups is 1. The van der Waals surface area contributed by atoms with E-state index in [0.717, 1.165) is 22.4 Å². The number of ether oxygens (including phenoxy) is 1. The molecule has 0 aliphatic carbocycles. The molecule has 4 aromatic rings. The van der Waals surface area contributed by atoms with Gasteiger partial charge in [0.2, 0.25) is 0 Å². The zero-order valence-electron chi connectivity index (χ0n) is 18.3. The average Bonchev–Trinajstić information content (AvgIpc) is 2.82. The van der Waals surface area contributed by atoms with E-state index in [0.29, 0.717) is 34.0 Å². The molecule has 32 heavy (non-hydrogen) atoms. The number of carbonyl (C=O) groups is 1. The molecule has 0 spiro atoms. The number of aromatic nitrogens is 2. The van der Waals surface area contributed by atoms with Gasteiger partial charge in [0.05, 0.1) is 18.0 Å².